The van der Waals surface area contributed by atoms with Crippen LogP contribution in [0.25, 0.3) is 11.3 Å². The number of amides is 2. The summed E-state index contributed by atoms with van der Waals surface area (Å²) >= 11 is 6.79. The predicted octanol–water partition coefficient (Wildman–Crippen LogP) is 5.37. The number of amidine groups is 1. The number of benzene rings is 2. The zero-order chi connectivity index (χ0) is 33.7. The molecule has 0 bridgehead atoms. The summed E-state index contributed by atoms with van der Waals surface area (Å²) < 4.78 is 15.2. The highest BCUT2D eigenvalue weighted by Gasteiger charge is 2.35. The number of hydrogen-bond acceptors (Lipinski definition) is 7. The van der Waals surface area contributed by atoms with Gasteiger partial charge in [-0.1, -0.05) is 54.6 Å². The molecule has 1 aromatic heterocycles. The lowest BCUT2D eigenvalue weighted by Gasteiger charge is -2.41. The van der Waals surface area contributed by atoms with E-state index >= 15 is 4.39 Å². The van der Waals surface area contributed by atoms with Crippen molar-refractivity contribution in [3.63, 3.8) is 0 Å². The van der Waals surface area contributed by atoms with Crippen molar-refractivity contribution in [3.05, 3.63) is 101 Å². The Morgan fingerprint density at radius 3 is 2.60 bits per heavy atom. The van der Waals surface area contributed by atoms with Crippen LogP contribution in [0, 0.1) is 17.1 Å². The van der Waals surface area contributed by atoms with Gasteiger partial charge in [-0.05, 0) is 49.6 Å². The molecule has 3 aromatic rings. The molecule has 1 aliphatic carbocycles. The van der Waals surface area contributed by atoms with Gasteiger partial charge in [0.1, 0.15) is 17.4 Å². The summed E-state index contributed by atoms with van der Waals surface area (Å²) in [6.07, 6.45) is 5.09. The Morgan fingerprint density at radius 2 is 1.98 bits per heavy atom. The number of hydrogen-bond donors (Lipinski definition) is 3. The van der Waals surface area contributed by atoms with Crippen molar-refractivity contribution in [2.24, 2.45) is 10.9 Å². The van der Waals surface area contributed by atoms with Crippen LogP contribution in [0.3, 0.4) is 0 Å². The van der Waals surface area contributed by atoms with Gasteiger partial charge in [0, 0.05) is 51.4 Å². The van der Waals surface area contributed by atoms with Crippen LogP contribution < -0.4 is 10.2 Å². The first-order valence-corrected chi connectivity index (χ1v) is 15.7. The summed E-state index contributed by atoms with van der Waals surface area (Å²) in [5.74, 6) is -0.834. The van der Waals surface area contributed by atoms with Crippen LogP contribution in [0.1, 0.15) is 30.9 Å². The van der Waals surface area contributed by atoms with Crippen LogP contribution in [-0.2, 0) is 16.1 Å². The fraction of sp³-hybridized carbons (Fsp3) is 0.286. The molecule has 3 N–H and O–H groups in total. The van der Waals surface area contributed by atoms with Crippen LogP contribution >= 0.6 is 11.6 Å². The zero-order valence-corrected chi connectivity index (χ0v) is 27.0. The third kappa shape index (κ3) is 7.20. The fourth-order valence-electron chi connectivity index (χ4n) is 5.70. The number of carbonyl (C=O) groups excluding carboxylic acids is 2. The monoisotopic (exact) mass is 657 g/mol. The van der Waals surface area contributed by atoms with Crippen molar-refractivity contribution in [2.75, 3.05) is 31.6 Å². The third-order valence-corrected chi connectivity index (χ3v) is 8.55. The molecule has 1 atom stereocenters. The summed E-state index contributed by atoms with van der Waals surface area (Å²) in [7, 11) is 1.60. The number of anilines is 1. The minimum absolute atomic E-state index is 0.0225. The largest absolute Gasteiger partial charge is 0.507 e. The Balaban J connectivity index is 1.65. The first-order chi connectivity index (χ1) is 22.7. The Bertz CT molecular complexity index is 1720. The number of nitrogens with one attached hydrogen (secondary N) is 2. The first kappa shape index (κ1) is 33.3. The molecule has 0 spiro atoms. The van der Waals surface area contributed by atoms with Crippen molar-refractivity contribution in [1.82, 2.24) is 20.1 Å². The summed E-state index contributed by atoms with van der Waals surface area (Å²) in [5, 5.41) is 23.0. The lowest BCUT2D eigenvalue weighted by atomic mass is 10.0. The molecular weight excluding hydrogens is 621 g/mol. The number of carbonyl (C=O) groups is 2. The number of nitrogens with zero attached hydrogens (tertiary/aromatic N) is 5. The summed E-state index contributed by atoms with van der Waals surface area (Å²) in [5.41, 5.74) is 1.58. The fourth-order valence-corrected chi connectivity index (χ4v) is 5.94. The smallest absolute Gasteiger partial charge is 0.246 e. The molecule has 2 fully saturated rings. The van der Waals surface area contributed by atoms with Crippen molar-refractivity contribution in [3.8, 4) is 17.0 Å². The van der Waals surface area contributed by atoms with Gasteiger partial charge in [-0.15, -0.1) is 0 Å². The van der Waals surface area contributed by atoms with Gasteiger partial charge in [0.25, 0.3) is 0 Å². The molecule has 12 heteroatoms. The second kappa shape index (κ2) is 14.6. The number of aromatic nitrogens is 1. The molecule has 2 amide bonds. The maximum atomic E-state index is 15.2. The number of aliphatic imine (C=N–C) groups is 1. The lowest BCUT2D eigenvalue weighted by Crippen LogP contribution is -2.55. The van der Waals surface area contributed by atoms with Crippen LogP contribution in [0.2, 0.25) is 5.02 Å². The first-order valence-electron chi connectivity index (χ1n) is 15.3. The number of piperazine rings is 1. The minimum Gasteiger partial charge on any atom is -0.507 e. The minimum atomic E-state index is -0.747. The van der Waals surface area contributed by atoms with Crippen molar-refractivity contribution in [1.29, 1.82) is 5.41 Å². The maximum absolute atomic E-state index is 15.2. The summed E-state index contributed by atoms with van der Waals surface area (Å²) in [4.78, 5) is 39.8. The van der Waals surface area contributed by atoms with E-state index in [1.807, 2.05) is 42.2 Å². The van der Waals surface area contributed by atoms with E-state index in [2.05, 4.69) is 16.9 Å². The van der Waals surface area contributed by atoms with Crippen LogP contribution in [0.5, 0.6) is 5.75 Å². The highest BCUT2D eigenvalue weighted by atomic mass is 35.5. The molecule has 244 valence electrons. The van der Waals surface area contributed by atoms with E-state index in [0.29, 0.717) is 44.0 Å². The van der Waals surface area contributed by atoms with Crippen LogP contribution in [0.4, 0.5) is 10.2 Å². The molecule has 0 radical (unpaired) electrons. The predicted molar refractivity (Wildman–Crippen MR) is 182 cm³/mol. The number of aromatic hydroxyl groups is 1. The van der Waals surface area contributed by atoms with E-state index < -0.39 is 5.82 Å². The molecule has 1 saturated heterocycles. The molecule has 2 aromatic carbocycles. The van der Waals surface area contributed by atoms with Gasteiger partial charge < -0.3 is 25.6 Å². The zero-order valence-electron chi connectivity index (χ0n) is 26.3. The van der Waals surface area contributed by atoms with Gasteiger partial charge in [0.05, 0.1) is 33.3 Å². The van der Waals surface area contributed by atoms with E-state index in [9.17, 15) is 14.7 Å². The number of allylic oxidation sites excluding steroid dienone is 1. The highest BCUT2D eigenvalue weighted by Crippen LogP contribution is 2.40. The topological polar surface area (TPSA) is 125 Å². The molecule has 1 unspecified atom stereocenters. The second-order valence-electron chi connectivity index (χ2n) is 11.5. The summed E-state index contributed by atoms with van der Waals surface area (Å²) in [6, 6.07) is 14.9. The molecule has 1 saturated carbocycles. The van der Waals surface area contributed by atoms with Crippen molar-refractivity contribution >= 4 is 41.3 Å². The van der Waals surface area contributed by atoms with E-state index in [1.165, 1.54) is 29.2 Å². The van der Waals surface area contributed by atoms with E-state index in [-0.39, 0.29) is 57.1 Å². The second-order valence-corrected chi connectivity index (χ2v) is 11.9. The average molecular weight is 658 g/mol. The standard InChI is InChI=1S/C35H37ClFN7O3/c1-4-30(47)42-15-16-43(22(2)20-42)34(39-3)25-17-26(36)33(31-27(37)11-8-12-29(31)46)41-35(25)44(21-45)28(32(38)24-13-14-24)19-40-18-23-9-6-5-7-10-23/h4-12,17,19,21-22,24,38,40,46H,1,13-16,18,20H2,2-3H3/b28-19+,38-32?,39-34+. The van der Waals surface area contributed by atoms with Gasteiger partial charge in [-0.25, -0.2) is 9.37 Å². The lowest BCUT2D eigenvalue weighted by molar-refractivity contribution is -0.128. The molecule has 10 nitrogen and oxygen atoms in total. The third-order valence-electron chi connectivity index (χ3n) is 8.27. The molecule has 5 rings (SSSR count). The maximum Gasteiger partial charge on any atom is 0.246 e. The SMILES string of the molecule is C=CC(=O)N1CCN(/C(=N/C)c2cc(Cl)c(-c3c(O)cccc3F)nc2N(C=O)/C(=C/NCc2ccccc2)C(=N)C2CC2)C(C)C1. The quantitative estimate of drug-likeness (QED) is 0.110. The van der Waals surface area contributed by atoms with E-state index in [4.69, 9.17) is 22.0 Å². The van der Waals surface area contributed by atoms with Gasteiger partial charge in [0.15, 0.2) is 5.82 Å². The number of halogens is 2. The van der Waals surface area contributed by atoms with Gasteiger partial charge in [-0.2, -0.15) is 0 Å². The molecule has 2 aliphatic rings. The summed E-state index contributed by atoms with van der Waals surface area (Å²) in [6.45, 7) is 7.22. The average Bonchev–Trinajstić information content (AvgIpc) is 3.92. The molecule has 1 aliphatic heterocycles. The van der Waals surface area contributed by atoms with Gasteiger partial charge in [-0.3, -0.25) is 19.5 Å². The van der Waals surface area contributed by atoms with Crippen LogP contribution in [-0.4, -0.2) is 76.5 Å². The van der Waals surface area contributed by atoms with Gasteiger partial charge in [0.2, 0.25) is 12.3 Å². The highest BCUT2D eigenvalue weighted by molar-refractivity contribution is 6.34. The molecule has 2 heterocycles. The van der Waals surface area contributed by atoms with Crippen molar-refractivity contribution in [2.45, 2.75) is 32.4 Å². The van der Waals surface area contributed by atoms with Crippen LogP contribution in [0.15, 0.2) is 84.1 Å². The Hall–Kier alpha value is -5.03. The van der Waals surface area contributed by atoms with Crippen molar-refractivity contribution < 1.29 is 19.1 Å². The molecular formula is C35H37ClFN7O3. The Labute approximate surface area is 278 Å². The Kier molecular flexibility index (Phi) is 10.4. The van der Waals surface area contributed by atoms with E-state index in [0.717, 1.165) is 18.4 Å². The number of pyridine rings is 1. The number of phenolic OH excluding ortho intramolecular Hbond substituents is 1. The number of rotatable bonds is 11. The normalized spacial score (nSPS) is 16.9. The van der Waals surface area contributed by atoms with Gasteiger partial charge >= 0.3 is 0 Å². The molecule has 47 heavy (non-hydrogen) atoms. The number of phenols is 1. The Morgan fingerprint density at radius 1 is 1.23 bits per heavy atom. The van der Waals surface area contributed by atoms with E-state index in [1.54, 1.807) is 24.2 Å².